The van der Waals surface area contributed by atoms with Gasteiger partial charge in [0.05, 0.1) is 0 Å². The van der Waals surface area contributed by atoms with E-state index in [2.05, 4.69) is 20.4 Å². The third-order valence-corrected chi connectivity index (χ3v) is 1.91. The predicted molar refractivity (Wildman–Crippen MR) is 53.9 cm³/mol. The molecule has 0 aliphatic carbocycles. The van der Waals surface area contributed by atoms with Crippen LogP contribution in [0.3, 0.4) is 0 Å². The first-order chi connectivity index (χ1) is 6.95. The molecule has 2 aromatic rings. The molecule has 0 aliphatic heterocycles. The normalized spacial score (nSPS) is 10.3. The van der Waals surface area contributed by atoms with Crippen LogP contribution < -0.4 is 5.32 Å². The van der Waals surface area contributed by atoms with E-state index >= 15 is 0 Å². The van der Waals surface area contributed by atoms with Crippen molar-refractivity contribution in [1.29, 1.82) is 0 Å². The smallest absolute Gasteiger partial charge is 0.200 e. The van der Waals surface area contributed by atoms with E-state index in [1.165, 1.54) is 0 Å². The molecule has 2 rings (SSSR count). The maximum absolute atomic E-state index is 4.12. The van der Waals surface area contributed by atoms with Crippen LogP contribution in [0.25, 0.3) is 0 Å². The van der Waals surface area contributed by atoms with Gasteiger partial charge in [-0.2, -0.15) is 5.10 Å². The molecule has 0 spiro atoms. The van der Waals surface area contributed by atoms with Crippen LogP contribution in [0.15, 0.2) is 30.9 Å². The number of nitrogens with one attached hydrogen (secondary N) is 2. The predicted octanol–water partition coefficient (Wildman–Crippen LogP) is 1.11. The van der Waals surface area contributed by atoms with Crippen molar-refractivity contribution in [2.24, 2.45) is 0 Å². The fourth-order valence-corrected chi connectivity index (χ4v) is 1.24. The first-order valence-electron chi connectivity index (χ1n) is 4.66. The van der Waals surface area contributed by atoms with Gasteiger partial charge in [0.25, 0.3) is 0 Å². The summed E-state index contributed by atoms with van der Waals surface area (Å²) < 4.78 is 1.92. The molecule has 2 aromatic heterocycles. The Kier molecular flexibility index (Phi) is 2.80. The summed E-state index contributed by atoms with van der Waals surface area (Å²) in [6.07, 6.45) is 8.32. The van der Waals surface area contributed by atoms with Gasteiger partial charge >= 0.3 is 0 Å². The van der Waals surface area contributed by atoms with Gasteiger partial charge in [0, 0.05) is 37.9 Å². The molecule has 0 radical (unpaired) electrons. The third kappa shape index (κ3) is 2.35. The van der Waals surface area contributed by atoms with Gasteiger partial charge in [-0.15, -0.1) is 0 Å². The Balaban J connectivity index is 1.65. The average Bonchev–Trinajstić information content (AvgIpc) is 2.86. The zero-order valence-electron chi connectivity index (χ0n) is 7.85. The van der Waals surface area contributed by atoms with Crippen molar-refractivity contribution >= 4 is 5.95 Å². The Morgan fingerprint density at radius 1 is 1.43 bits per heavy atom. The summed E-state index contributed by atoms with van der Waals surface area (Å²) in [5, 5.41) is 7.30. The summed E-state index contributed by atoms with van der Waals surface area (Å²) in [4.78, 5) is 7.05. The van der Waals surface area contributed by atoms with E-state index in [-0.39, 0.29) is 0 Å². The molecule has 0 bridgehead atoms. The Morgan fingerprint density at radius 2 is 2.43 bits per heavy atom. The standard InChI is InChI=1S/C9H13N5/c1(7-14-8-2-4-13-14)3-10-9-11-5-6-12-9/h2,4-6,8H,1,3,7H2,(H2,10,11,12). The van der Waals surface area contributed by atoms with Gasteiger partial charge in [0.1, 0.15) is 0 Å². The maximum Gasteiger partial charge on any atom is 0.200 e. The van der Waals surface area contributed by atoms with Gasteiger partial charge in [0.2, 0.25) is 0 Å². The van der Waals surface area contributed by atoms with Crippen LogP contribution in [-0.2, 0) is 6.54 Å². The first-order valence-corrected chi connectivity index (χ1v) is 4.66. The summed E-state index contributed by atoms with van der Waals surface area (Å²) in [6, 6.07) is 1.93. The fraction of sp³-hybridized carbons (Fsp3) is 0.333. The van der Waals surface area contributed by atoms with Crippen molar-refractivity contribution in [3.05, 3.63) is 30.9 Å². The van der Waals surface area contributed by atoms with Gasteiger partial charge in [0.15, 0.2) is 5.95 Å². The van der Waals surface area contributed by atoms with Crippen molar-refractivity contribution in [1.82, 2.24) is 19.7 Å². The second kappa shape index (κ2) is 4.45. The molecule has 0 saturated carbocycles. The van der Waals surface area contributed by atoms with Gasteiger partial charge in [-0.1, -0.05) is 0 Å². The lowest BCUT2D eigenvalue weighted by atomic mass is 10.4. The lowest BCUT2D eigenvalue weighted by Gasteiger charge is -2.02. The second-order valence-electron chi connectivity index (χ2n) is 2.99. The van der Waals surface area contributed by atoms with Crippen LogP contribution >= 0.6 is 0 Å². The number of imidazole rings is 1. The van der Waals surface area contributed by atoms with Crippen molar-refractivity contribution in [3.63, 3.8) is 0 Å². The molecule has 0 saturated heterocycles. The SMILES string of the molecule is c1cnn(CCCNc2ncc[nH]2)c1. The highest BCUT2D eigenvalue weighted by Crippen LogP contribution is 1.95. The summed E-state index contributed by atoms with van der Waals surface area (Å²) in [6.45, 7) is 1.83. The first kappa shape index (κ1) is 8.80. The molecule has 74 valence electrons. The van der Waals surface area contributed by atoms with Crippen LogP contribution in [0.2, 0.25) is 0 Å². The molecular weight excluding hydrogens is 178 g/mol. The molecule has 2 heterocycles. The molecule has 0 fully saturated rings. The number of H-pyrrole nitrogens is 1. The fourth-order valence-electron chi connectivity index (χ4n) is 1.24. The molecular formula is C9H13N5. The van der Waals surface area contributed by atoms with Crippen molar-refractivity contribution in [2.45, 2.75) is 13.0 Å². The number of hydrogen-bond donors (Lipinski definition) is 2. The van der Waals surface area contributed by atoms with E-state index in [9.17, 15) is 0 Å². The van der Waals surface area contributed by atoms with E-state index in [1.54, 1.807) is 18.6 Å². The zero-order chi connectivity index (χ0) is 9.64. The Bertz CT molecular complexity index is 301. The maximum atomic E-state index is 4.12. The number of nitrogens with zero attached hydrogens (tertiary/aromatic N) is 3. The number of hydrogen-bond acceptors (Lipinski definition) is 3. The van der Waals surface area contributed by atoms with Crippen LogP contribution in [0.5, 0.6) is 0 Å². The lowest BCUT2D eigenvalue weighted by molar-refractivity contribution is 0.591. The molecule has 0 atom stereocenters. The van der Waals surface area contributed by atoms with Crippen LogP contribution in [0, 0.1) is 0 Å². The quantitative estimate of drug-likeness (QED) is 0.696. The minimum atomic E-state index is 0.825. The Morgan fingerprint density at radius 3 is 3.14 bits per heavy atom. The van der Waals surface area contributed by atoms with E-state index in [0.29, 0.717) is 0 Å². The van der Waals surface area contributed by atoms with Gasteiger partial charge in [-0.3, -0.25) is 4.68 Å². The highest BCUT2D eigenvalue weighted by atomic mass is 15.3. The second-order valence-corrected chi connectivity index (χ2v) is 2.99. The average molecular weight is 191 g/mol. The van der Waals surface area contributed by atoms with Crippen molar-refractivity contribution in [3.8, 4) is 0 Å². The number of rotatable bonds is 5. The van der Waals surface area contributed by atoms with Crippen LogP contribution in [-0.4, -0.2) is 26.3 Å². The molecule has 14 heavy (non-hydrogen) atoms. The molecule has 0 aromatic carbocycles. The van der Waals surface area contributed by atoms with Gasteiger partial charge < -0.3 is 10.3 Å². The number of aromatic amines is 1. The highest BCUT2D eigenvalue weighted by molar-refractivity contribution is 5.22. The van der Waals surface area contributed by atoms with Crippen molar-refractivity contribution in [2.75, 3.05) is 11.9 Å². The van der Waals surface area contributed by atoms with Gasteiger partial charge in [-0.05, 0) is 12.5 Å². The van der Waals surface area contributed by atoms with Crippen LogP contribution in [0.1, 0.15) is 6.42 Å². The topological polar surface area (TPSA) is 58.5 Å². The third-order valence-electron chi connectivity index (χ3n) is 1.91. The summed E-state index contributed by atoms with van der Waals surface area (Å²) in [5.41, 5.74) is 0. The highest BCUT2D eigenvalue weighted by Gasteiger charge is 1.93. The monoisotopic (exact) mass is 191 g/mol. The van der Waals surface area contributed by atoms with Crippen LogP contribution in [0.4, 0.5) is 5.95 Å². The lowest BCUT2D eigenvalue weighted by Crippen LogP contribution is -2.07. The zero-order valence-corrected chi connectivity index (χ0v) is 7.85. The van der Waals surface area contributed by atoms with E-state index in [1.807, 2.05) is 16.9 Å². The number of aromatic nitrogens is 4. The summed E-state index contributed by atoms with van der Waals surface area (Å²) >= 11 is 0. The molecule has 2 N–H and O–H groups in total. The molecule has 0 unspecified atom stereocenters. The number of aryl methyl sites for hydroxylation is 1. The molecule has 0 aliphatic rings. The van der Waals surface area contributed by atoms with E-state index < -0.39 is 0 Å². The van der Waals surface area contributed by atoms with Crippen molar-refractivity contribution < 1.29 is 0 Å². The van der Waals surface area contributed by atoms with Gasteiger partial charge in [-0.25, -0.2) is 4.98 Å². The minimum Gasteiger partial charge on any atom is -0.356 e. The largest absolute Gasteiger partial charge is 0.356 e. The van der Waals surface area contributed by atoms with E-state index in [4.69, 9.17) is 0 Å². The Hall–Kier alpha value is -1.78. The van der Waals surface area contributed by atoms with E-state index in [0.717, 1.165) is 25.5 Å². The Labute approximate surface area is 82.2 Å². The molecule has 0 amide bonds. The number of anilines is 1. The summed E-state index contributed by atoms with van der Waals surface area (Å²) in [7, 11) is 0. The molecule has 5 nitrogen and oxygen atoms in total. The minimum absolute atomic E-state index is 0.825. The molecule has 5 heteroatoms. The summed E-state index contributed by atoms with van der Waals surface area (Å²) in [5.74, 6) is 0.825.